The normalized spacial score (nSPS) is 19.2. The molecule has 1 amide bonds. The van der Waals surface area contributed by atoms with Gasteiger partial charge < -0.3 is 10.6 Å². The van der Waals surface area contributed by atoms with Crippen molar-refractivity contribution in [3.63, 3.8) is 0 Å². The molecule has 1 saturated heterocycles. The number of piperidine rings is 1. The molecule has 6 heteroatoms. The van der Waals surface area contributed by atoms with Gasteiger partial charge in [0, 0.05) is 10.9 Å². The fourth-order valence-corrected chi connectivity index (χ4v) is 3.11. The fourth-order valence-electron chi connectivity index (χ4n) is 2.21. The van der Waals surface area contributed by atoms with Gasteiger partial charge in [-0.3, -0.25) is 4.79 Å². The average molecular weight is 350 g/mol. The molecule has 2 N–H and O–H groups in total. The number of hydrogen-bond acceptors (Lipinski definition) is 2. The Bertz CT molecular complexity index is 455. The minimum absolute atomic E-state index is 0.0945. The van der Waals surface area contributed by atoms with Crippen LogP contribution < -0.4 is 10.6 Å². The number of halogens is 3. The Hall–Kier alpha value is -0.650. The first-order chi connectivity index (χ1) is 9.06. The van der Waals surface area contributed by atoms with E-state index in [1.54, 1.807) is 0 Å². The molecule has 3 nitrogen and oxygen atoms in total. The molecule has 1 unspecified atom stereocenters. The number of carbonyl (C=O) groups excluding carboxylic acids is 1. The topological polar surface area (TPSA) is 41.1 Å². The SMILES string of the molecule is O=C(CC1CCCNC1)Nc1c(Cl)cc(F)cc1Br. The molecule has 1 heterocycles. The van der Waals surface area contributed by atoms with E-state index in [9.17, 15) is 9.18 Å². The monoisotopic (exact) mass is 348 g/mol. The number of nitrogens with one attached hydrogen (secondary N) is 2. The lowest BCUT2D eigenvalue weighted by molar-refractivity contribution is -0.117. The van der Waals surface area contributed by atoms with Crippen molar-refractivity contribution in [2.45, 2.75) is 19.3 Å². The largest absolute Gasteiger partial charge is 0.324 e. The fraction of sp³-hybridized carbons (Fsp3) is 0.462. The highest BCUT2D eigenvalue weighted by atomic mass is 79.9. The second-order valence-electron chi connectivity index (χ2n) is 4.71. The number of hydrogen-bond donors (Lipinski definition) is 2. The zero-order valence-corrected chi connectivity index (χ0v) is 12.7. The van der Waals surface area contributed by atoms with Crippen molar-refractivity contribution in [2.24, 2.45) is 5.92 Å². The molecule has 19 heavy (non-hydrogen) atoms. The number of rotatable bonds is 3. The lowest BCUT2D eigenvalue weighted by Gasteiger charge is -2.22. The van der Waals surface area contributed by atoms with Crippen LogP contribution in [-0.4, -0.2) is 19.0 Å². The zero-order valence-electron chi connectivity index (χ0n) is 10.3. The Kier molecular flexibility index (Phi) is 5.19. The van der Waals surface area contributed by atoms with Crippen LogP contribution in [0.2, 0.25) is 5.02 Å². The molecule has 104 valence electrons. The average Bonchev–Trinajstić information content (AvgIpc) is 2.35. The van der Waals surface area contributed by atoms with E-state index in [1.165, 1.54) is 12.1 Å². The molecule has 2 rings (SSSR count). The quantitative estimate of drug-likeness (QED) is 0.876. The third-order valence-corrected chi connectivity index (χ3v) is 4.07. The first kappa shape index (κ1) is 14.8. The number of anilines is 1. The first-order valence-corrected chi connectivity index (χ1v) is 7.38. The van der Waals surface area contributed by atoms with Gasteiger partial charge in [-0.1, -0.05) is 11.6 Å². The van der Waals surface area contributed by atoms with Crippen LogP contribution in [0.15, 0.2) is 16.6 Å². The Morgan fingerprint density at radius 2 is 2.37 bits per heavy atom. The van der Waals surface area contributed by atoms with Crippen LogP contribution in [0.1, 0.15) is 19.3 Å². The lowest BCUT2D eigenvalue weighted by Crippen LogP contribution is -2.32. The maximum atomic E-state index is 13.1. The van der Waals surface area contributed by atoms with Crippen LogP contribution in [0.4, 0.5) is 10.1 Å². The van der Waals surface area contributed by atoms with Crippen molar-refractivity contribution < 1.29 is 9.18 Å². The van der Waals surface area contributed by atoms with E-state index < -0.39 is 5.82 Å². The van der Waals surface area contributed by atoms with Crippen molar-refractivity contribution >= 4 is 39.1 Å². The summed E-state index contributed by atoms with van der Waals surface area (Å²) in [6.45, 7) is 1.89. The molecule has 1 fully saturated rings. The highest BCUT2D eigenvalue weighted by Gasteiger charge is 2.18. The van der Waals surface area contributed by atoms with E-state index in [-0.39, 0.29) is 10.9 Å². The molecule has 1 atom stereocenters. The smallest absolute Gasteiger partial charge is 0.224 e. The van der Waals surface area contributed by atoms with Crippen molar-refractivity contribution in [1.82, 2.24) is 5.32 Å². The molecule has 1 aliphatic rings. The molecule has 0 radical (unpaired) electrons. The Balaban J connectivity index is 1.98. The highest BCUT2D eigenvalue weighted by molar-refractivity contribution is 9.10. The minimum Gasteiger partial charge on any atom is -0.324 e. The number of carbonyl (C=O) groups is 1. The van der Waals surface area contributed by atoms with Gasteiger partial charge in [0.25, 0.3) is 0 Å². The van der Waals surface area contributed by atoms with Crippen molar-refractivity contribution in [3.8, 4) is 0 Å². The summed E-state index contributed by atoms with van der Waals surface area (Å²) < 4.78 is 13.5. The number of amides is 1. The summed E-state index contributed by atoms with van der Waals surface area (Å²) in [6, 6.07) is 2.47. The van der Waals surface area contributed by atoms with E-state index >= 15 is 0 Å². The second kappa shape index (κ2) is 6.68. The van der Waals surface area contributed by atoms with Crippen molar-refractivity contribution in [3.05, 3.63) is 27.4 Å². The maximum Gasteiger partial charge on any atom is 0.224 e. The van der Waals surface area contributed by atoms with Crippen LogP contribution in [-0.2, 0) is 4.79 Å². The Labute approximate surface area is 125 Å². The van der Waals surface area contributed by atoms with Crippen LogP contribution in [0.5, 0.6) is 0 Å². The summed E-state index contributed by atoms with van der Waals surface area (Å²) in [5, 5.41) is 6.21. The molecule has 0 aromatic heterocycles. The van der Waals surface area contributed by atoms with Gasteiger partial charge in [-0.05, 0) is 59.9 Å². The van der Waals surface area contributed by atoms with Crippen LogP contribution in [0, 0.1) is 11.7 Å². The van der Waals surface area contributed by atoms with Crippen molar-refractivity contribution in [1.29, 1.82) is 0 Å². The summed E-state index contributed by atoms with van der Waals surface area (Å²) in [4.78, 5) is 12.0. The summed E-state index contributed by atoms with van der Waals surface area (Å²) in [7, 11) is 0. The summed E-state index contributed by atoms with van der Waals surface area (Å²) in [5.74, 6) is -0.180. The molecular formula is C13H15BrClFN2O. The molecule has 0 saturated carbocycles. The highest BCUT2D eigenvalue weighted by Crippen LogP contribution is 2.32. The Morgan fingerprint density at radius 3 is 3.00 bits per heavy atom. The third kappa shape index (κ3) is 4.16. The number of benzene rings is 1. The molecular weight excluding hydrogens is 335 g/mol. The van der Waals surface area contributed by atoms with Gasteiger partial charge >= 0.3 is 0 Å². The van der Waals surface area contributed by atoms with Crippen LogP contribution in [0.25, 0.3) is 0 Å². The predicted octanol–water partition coefficient (Wildman–Crippen LogP) is 3.57. The summed E-state index contributed by atoms with van der Waals surface area (Å²) in [6.07, 6.45) is 2.60. The summed E-state index contributed by atoms with van der Waals surface area (Å²) >= 11 is 9.12. The Morgan fingerprint density at radius 1 is 1.58 bits per heavy atom. The molecule has 0 bridgehead atoms. The van der Waals surface area contributed by atoms with Gasteiger partial charge in [-0.2, -0.15) is 0 Å². The molecule has 0 aliphatic carbocycles. The molecule has 1 aromatic rings. The molecule has 1 aliphatic heterocycles. The third-order valence-electron chi connectivity index (χ3n) is 3.14. The molecule has 0 spiro atoms. The van der Waals surface area contributed by atoms with Gasteiger partial charge in [0.05, 0.1) is 10.7 Å². The van der Waals surface area contributed by atoms with Crippen molar-refractivity contribution in [2.75, 3.05) is 18.4 Å². The molecule has 1 aromatic carbocycles. The summed E-state index contributed by atoms with van der Waals surface area (Å²) in [5.41, 5.74) is 0.428. The zero-order chi connectivity index (χ0) is 13.8. The van der Waals surface area contributed by atoms with Crippen LogP contribution >= 0.6 is 27.5 Å². The van der Waals surface area contributed by atoms with E-state index in [4.69, 9.17) is 11.6 Å². The maximum absolute atomic E-state index is 13.1. The van der Waals surface area contributed by atoms with E-state index in [0.29, 0.717) is 22.5 Å². The van der Waals surface area contributed by atoms with E-state index in [0.717, 1.165) is 25.9 Å². The lowest BCUT2D eigenvalue weighted by atomic mass is 9.96. The predicted molar refractivity (Wildman–Crippen MR) is 78.0 cm³/mol. The van der Waals surface area contributed by atoms with E-state index in [1.807, 2.05) is 0 Å². The van der Waals surface area contributed by atoms with Gasteiger partial charge in [-0.25, -0.2) is 4.39 Å². The minimum atomic E-state index is -0.439. The van der Waals surface area contributed by atoms with Gasteiger partial charge in [0.15, 0.2) is 0 Å². The van der Waals surface area contributed by atoms with Gasteiger partial charge in [0.1, 0.15) is 5.82 Å². The second-order valence-corrected chi connectivity index (χ2v) is 5.97. The van der Waals surface area contributed by atoms with Gasteiger partial charge in [0.2, 0.25) is 5.91 Å². The standard InChI is InChI=1S/C13H15BrClFN2O/c14-10-5-9(16)6-11(15)13(10)18-12(19)4-8-2-1-3-17-7-8/h5-6,8,17H,1-4,7H2,(H,18,19). The first-order valence-electron chi connectivity index (χ1n) is 6.21. The van der Waals surface area contributed by atoms with E-state index in [2.05, 4.69) is 26.6 Å². The van der Waals surface area contributed by atoms with Crippen LogP contribution in [0.3, 0.4) is 0 Å². The van der Waals surface area contributed by atoms with Gasteiger partial charge in [-0.15, -0.1) is 0 Å².